The molecule has 4 aromatic rings. The largest absolute Gasteiger partial charge is 0.497 e. The van der Waals surface area contributed by atoms with Gasteiger partial charge < -0.3 is 9.30 Å². The zero-order chi connectivity index (χ0) is 19.8. The van der Waals surface area contributed by atoms with Crippen LogP contribution in [0.4, 0.5) is 5.69 Å². The summed E-state index contributed by atoms with van der Waals surface area (Å²) in [5, 5.41) is 1.47. The van der Waals surface area contributed by atoms with Crippen LogP contribution in [0.15, 0.2) is 60.8 Å². The zero-order valence-electron chi connectivity index (χ0n) is 16.0. The van der Waals surface area contributed by atoms with Crippen molar-refractivity contribution in [2.45, 2.75) is 13.8 Å². The molecular weight excluding hydrogens is 368 g/mol. The van der Waals surface area contributed by atoms with Crippen LogP contribution in [0.5, 0.6) is 5.75 Å². The molecule has 0 atom stereocenters. The minimum absolute atomic E-state index is 0.461. The number of benzene rings is 3. The molecule has 0 aliphatic heterocycles. The number of rotatable bonds is 3. The molecule has 0 spiro atoms. The molecule has 138 valence electrons. The fraction of sp³-hybridized carbons (Fsp3) is 0.125. The predicted octanol–water partition coefficient (Wildman–Crippen LogP) is 7.13. The average molecular weight is 387 g/mol. The minimum atomic E-state index is 0.461. The summed E-state index contributed by atoms with van der Waals surface area (Å²) in [5.74, 6) is 0.809. The molecule has 28 heavy (non-hydrogen) atoms. The summed E-state index contributed by atoms with van der Waals surface area (Å²) in [6.07, 6.45) is 2.12. The van der Waals surface area contributed by atoms with Gasteiger partial charge in [-0.1, -0.05) is 29.8 Å². The first kappa shape index (κ1) is 18.2. The van der Waals surface area contributed by atoms with Crippen molar-refractivity contribution in [3.63, 3.8) is 0 Å². The van der Waals surface area contributed by atoms with Gasteiger partial charge in [-0.2, -0.15) is 0 Å². The molecule has 0 saturated heterocycles. The Bertz CT molecular complexity index is 1230. The van der Waals surface area contributed by atoms with E-state index in [9.17, 15) is 0 Å². The molecule has 0 saturated carbocycles. The summed E-state index contributed by atoms with van der Waals surface area (Å²) in [5.41, 5.74) is 7.17. The highest BCUT2D eigenvalue weighted by Crippen LogP contribution is 2.40. The maximum Gasteiger partial charge on any atom is 0.206 e. The van der Waals surface area contributed by atoms with Crippen LogP contribution in [0, 0.1) is 20.4 Å². The molecule has 0 fully saturated rings. The molecule has 0 amide bonds. The van der Waals surface area contributed by atoms with Crippen LogP contribution in [0.1, 0.15) is 11.1 Å². The molecular formula is C24H19ClN2O. The topological polar surface area (TPSA) is 18.5 Å². The lowest BCUT2D eigenvalue weighted by atomic mass is 9.97. The number of nitrogens with zero attached hydrogens (tertiary/aromatic N) is 2. The van der Waals surface area contributed by atoms with E-state index >= 15 is 0 Å². The highest BCUT2D eigenvalue weighted by Gasteiger charge is 2.16. The van der Waals surface area contributed by atoms with Crippen LogP contribution in [-0.4, -0.2) is 11.7 Å². The summed E-state index contributed by atoms with van der Waals surface area (Å²) in [6.45, 7) is 11.7. The van der Waals surface area contributed by atoms with E-state index in [1.165, 1.54) is 11.1 Å². The highest BCUT2D eigenvalue weighted by atomic mass is 35.5. The van der Waals surface area contributed by atoms with Crippen molar-refractivity contribution >= 4 is 28.2 Å². The second kappa shape index (κ2) is 7.07. The third-order valence-corrected chi connectivity index (χ3v) is 5.54. The summed E-state index contributed by atoms with van der Waals surface area (Å²) in [7, 11) is 1.66. The molecule has 4 heteroatoms. The molecule has 0 bridgehead atoms. The van der Waals surface area contributed by atoms with Crippen molar-refractivity contribution in [2.24, 2.45) is 0 Å². The van der Waals surface area contributed by atoms with Gasteiger partial charge in [-0.05, 0) is 72.3 Å². The molecule has 0 radical (unpaired) electrons. The summed E-state index contributed by atoms with van der Waals surface area (Å²) in [6, 6.07) is 18.0. The van der Waals surface area contributed by atoms with Gasteiger partial charge in [-0.3, -0.25) is 0 Å². The SMILES string of the molecule is [C-]#[N+]c1cc2c(-c3cccc(C)c3C)cn(-c3ccc(OC)cc3)c2cc1Cl. The molecule has 3 nitrogen and oxygen atoms in total. The number of aryl methyl sites for hydroxylation is 1. The van der Waals surface area contributed by atoms with Crippen molar-refractivity contribution in [2.75, 3.05) is 7.11 Å². The van der Waals surface area contributed by atoms with Gasteiger partial charge in [-0.15, -0.1) is 0 Å². The smallest absolute Gasteiger partial charge is 0.206 e. The van der Waals surface area contributed by atoms with E-state index in [1.807, 2.05) is 36.4 Å². The van der Waals surface area contributed by atoms with Crippen LogP contribution in [0.3, 0.4) is 0 Å². The number of ether oxygens (including phenoxy) is 1. The molecule has 4 rings (SSSR count). The highest BCUT2D eigenvalue weighted by molar-refractivity contribution is 6.34. The van der Waals surface area contributed by atoms with E-state index in [0.717, 1.165) is 33.5 Å². The number of halogens is 1. The molecule has 1 aromatic heterocycles. The number of methoxy groups -OCH3 is 1. The maximum atomic E-state index is 7.45. The third-order valence-electron chi connectivity index (χ3n) is 5.24. The van der Waals surface area contributed by atoms with E-state index in [0.29, 0.717) is 10.7 Å². The lowest BCUT2D eigenvalue weighted by Gasteiger charge is -2.08. The first-order valence-corrected chi connectivity index (χ1v) is 9.34. The van der Waals surface area contributed by atoms with Crippen LogP contribution in [-0.2, 0) is 0 Å². The van der Waals surface area contributed by atoms with Gasteiger partial charge in [0.1, 0.15) is 5.75 Å². The second-order valence-corrected chi connectivity index (χ2v) is 7.20. The Labute approximate surface area is 169 Å². The zero-order valence-corrected chi connectivity index (χ0v) is 16.7. The summed E-state index contributed by atoms with van der Waals surface area (Å²) < 4.78 is 7.40. The van der Waals surface area contributed by atoms with Gasteiger partial charge >= 0.3 is 0 Å². The lowest BCUT2D eigenvalue weighted by molar-refractivity contribution is 0.415. The number of aromatic nitrogens is 1. The van der Waals surface area contributed by atoms with E-state index in [4.69, 9.17) is 22.9 Å². The predicted molar refractivity (Wildman–Crippen MR) is 116 cm³/mol. The third kappa shape index (κ3) is 2.93. The van der Waals surface area contributed by atoms with E-state index in [1.54, 1.807) is 7.11 Å². The van der Waals surface area contributed by atoms with Gasteiger partial charge in [0.15, 0.2) is 0 Å². The van der Waals surface area contributed by atoms with Gasteiger partial charge in [0.25, 0.3) is 0 Å². The summed E-state index contributed by atoms with van der Waals surface area (Å²) in [4.78, 5) is 3.59. The molecule has 0 unspecified atom stereocenters. The molecule has 0 N–H and O–H groups in total. The van der Waals surface area contributed by atoms with Crippen LogP contribution in [0.25, 0.3) is 32.6 Å². The van der Waals surface area contributed by atoms with Gasteiger partial charge in [0, 0.05) is 22.5 Å². The number of hydrogen-bond acceptors (Lipinski definition) is 1. The van der Waals surface area contributed by atoms with E-state index in [2.05, 4.69) is 47.7 Å². The Morgan fingerprint density at radius 2 is 1.75 bits per heavy atom. The van der Waals surface area contributed by atoms with Crippen LogP contribution in [0.2, 0.25) is 5.02 Å². The first-order chi connectivity index (χ1) is 13.5. The molecule has 1 heterocycles. The second-order valence-electron chi connectivity index (χ2n) is 6.79. The van der Waals surface area contributed by atoms with Crippen molar-refractivity contribution in [3.8, 4) is 22.6 Å². The Morgan fingerprint density at radius 3 is 2.43 bits per heavy atom. The van der Waals surface area contributed by atoms with Crippen molar-refractivity contribution in [1.29, 1.82) is 0 Å². The van der Waals surface area contributed by atoms with Gasteiger partial charge in [0.05, 0.1) is 19.2 Å². The van der Waals surface area contributed by atoms with Crippen LogP contribution < -0.4 is 4.74 Å². The normalized spacial score (nSPS) is 10.8. The van der Waals surface area contributed by atoms with Gasteiger partial charge in [-0.25, -0.2) is 4.85 Å². The van der Waals surface area contributed by atoms with E-state index < -0.39 is 0 Å². The summed E-state index contributed by atoms with van der Waals surface area (Å²) >= 11 is 6.38. The van der Waals surface area contributed by atoms with Crippen molar-refractivity contribution in [3.05, 3.63) is 88.4 Å². The number of hydrogen-bond donors (Lipinski definition) is 0. The van der Waals surface area contributed by atoms with Crippen LogP contribution >= 0.6 is 11.6 Å². The molecule has 3 aromatic carbocycles. The Hall–Kier alpha value is -3.22. The Kier molecular flexibility index (Phi) is 4.58. The first-order valence-electron chi connectivity index (χ1n) is 8.96. The van der Waals surface area contributed by atoms with Gasteiger partial charge in [0.2, 0.25) is 5.69 Å². The Balaban J connectivity index is 2.05. The van der Waals surface area contributed by atoms with E-state index in [-0.39, 0.29) is 0 Å². The minimum Gasteiger partial charge on any atom is -0.497 e. The molecule has 0 aliphatic rings. The Morgan fingerprint density at radius 1 is 1.00 bits per heavy atom. The monoisotopic (exact) mass is 386 g/mol. The van der Waals surface area contributed by atoms with Crippen molar-refractivity contribution < 1.29 is 4.74 Å². The fourth-order valence-corrected chi connectivity index (χ4v) is 3.73. The average Bonchev–Trinajstić information content (AvgIpc) is 3.07. The maximum absolute atomic E-state index is 7.45. The quantitative estimate of drug-likeness (QED) is 0.342. The fourth-order valence-electron chi connectivity index (χ4n) is 3.53. The van der Waals surface area contributed by atoms with Crippen molar-refractivity contribution in [1.82, 2.24) is 4.57 Å². The molecule has 0 aliphatic carbocycles. The standard InChI is InChI=1S/C24H19ClN2O/c1-15-6-5-7-19(16(15)2)21-14-27(17-8-10-18(28-4)11-9-17)24-13-22(25)23(26-3)12-20(21)24/h5-14H,1-2,4H3. The lowest BCUT2D eigenvalue weighted by Crippen LogP contribution is -1.92. The number of fused-ring (bicyclic) bond motifs is 1.